The summed E-state index contributed by atoms with van der Waals surface area (Å²) in [4.78, 5) is 4.41. The van der Waals surface area contributed by atoms with E-state index in [1.807, 2.05) is 12.3 Å². The van der Waals surface area contributed by atoms with Gasteiger partial charge in [-0.25, -0.2) is 0 Å². The molecular weight excluding hydrogens is 272 g/mol. The zero-order valence-corrected chi connectivity index (χ0v) is 12.8. The predicted molar refractivity (Wildman–Crippen MR) is 87.3 cm³/mol. The Morgan fingerprint density at radius 1 is 1.23 bits per heavy atom. The van der Waals surface area contributed by atoms with Gasteiger partial charge in [-0.1, -0.05) is 18.2 Å². The number of nitrogens with zero attached hydrogens (tertiary/aromatic N) is 1. The Hall–Kier alpha value is -1.87. The van der Waals surface area contributed by atoms with Crippen molar-refractivity contribution in [3.8, 4) is 5.75 Å². The summed E-state index contributed by atoms with van der Waals surface area (Å²) in [7, 11) is 0. The maximum absolute atomic E-state index is 5.60. The van der Waals surface area contributed by atoms with Gasteiger partial charge >= 0.3 is 0 Å². The van der Waals surface area contributed by atoms with Crippen LogP contribution in [-0.4, -0.2) is 24.2 Å². The van der Waals surface area contributed by atoms with E-state index in [1.54, 1.807) is 0 Å². The molecule has 3 nitrogen and oxygen atoms in total. The first-order chi connectivity index (χ1) is 10.9. The van der Waals surface area contributed by atoms with Crippen molar-refractivity contribution >= 4 is 0 Å². The van der Waals surface area contributed by atoms with Gasteiger partial charge in [0.05, 0.1) is 6.61 Å². The molecule has 1 aromatic heterocycles. The second kappa shape index (κ2) is 6.09. The number of hydrogen-bond acceptors (Lipinski definition) is 3. The zero-order chi connectivity index (χ0) is 14.8. The molecule has 2 atom stereocenters. The monoisotopic (exact) mass is 294 g/mol. The van der Waals surface area contributed by atoms with Crippen molar-refractivity contribution in [1.29, 1.82) is 0 Å². The van der Waals surface area contributed by atoms with Gasteiger partial charge in [0.1, 0.15) is 5.75 Å². The van der Waals surface area contributed by atoms with Crippen LogP contribution < -0.4 is 10.1 Å². The predicted octanol–water partition coefficient (Wildman–Crippen LogP) is 3.09. The molecule has 0 amide bonds. The van der Waals surface area contributed by atoms with Gasteiger partial charge in [-0.05, 0) is 54.5 Å². The first kappa shape index (κ1) is 13.8. The highest BCUT2D eigenvalue weighted by molar-refractivity contribution is 5.41. The molecule has 2 aromatic rings. The third-order valence-corrected chi connectivity index (χ3v) is 4.88. The molecule has 0 bridgehead atoms. The highest BCUT2D eigenvalue weighted by atomic mass is 16.5. The van der Waals surface area contributed by atoms with Crippen molar-refractivity contribution < 1.29 is 4.74 Å². The third kappa shape index (κ3) is 2.86. The van der Waals surface area contributed by atoms with E-state index in [0.717, 1.165) is 31.7 Å². The van der Waals surface area contributed by atoms with Gasteiger partial charge in [-0.2, -0.15) is 0 Å². The van der Waals surface area contributed by atoms with Crippen LogP contribution >= 0.6 is 0 Å². The minimum Gasteiger partial charge on any atom is -0.493 e. The quantitative estimate of drug-likeness (QED) is 0.941. The van der Waals surface area contributed by atoms with Crippen molar-refractivity contribution in [3.63, 3.8) is 0 Å². The Balaban J connectivity index is 1.36. The molecule has 22 heavy (non-hydrogen) atoms. The number of benzene rings is 1. The van der Waals surface area contributed by atoms with Crippen LogP contribution in [0.2, 0.25) is 0 Å². The van der Waals surface area contributed by atoms with Gasteiger partial charge in [0.2, 0.25) is 0 Å². The summed E-state index contributed by atoms with van der Waals surface area (Å²) < 4.78 is 5.60. The van der Waals surface area contributed by atoms with E-state index in [1.165, 1.54) is 29.7 Å². The topological polar surface area (TPSA) is 34.1 Å². The number of aryl methyl sites for hydroxylation is 1. The van der Waals surface area contributed by atoms with E-state index in [9.17, 15) is 0 Å². The number of aromatic nitrogens is 1. The van der Waals surface area contributed by atoms with Crippen LogP contribution in [-0.2, 0) is 12.8 Å². The molecule has 0 spiro atoms. The molecule has 1 aromatic carbocycles. The lowest BCUT2D eigenvalue weighted by atomic mass is 9.93. The van der Waals surface area contributed by atoms with Crippen LogP contribution in [0, 0.1) is 0 Å². The van der Waals surface area contributed by atoms with Crippen molar-refractivity contribution in [2.75, 3.05) is 13.2 Å². The lowest BCUT2D eigenvalue weighted by Gasteiger charge is -2.12. The second-order valence-corrected chi connectivity index (χ2v) is 6.36. The van der Waals surface area contributed by atoms with E-state index in [0.29, 0.717) is 12.0 Å². The highest BCUT2D eigenvalue weighted by Crippen LogP contribution is 2.32. The molecule has 2 aliphatic rings. The van der Waals surface area contributed by atoms with Crippen molar-refractivity contribution in [2.45, 2.75) is 37.6 Å². The summed E-state index contributed by atoms with van der Waals surface area (Å²) in [6.07, 6.45) is 6.40. The molecule has 1 N–H and O–H groups in total. The summed E-state index contributed by atoms with van der Waals surface area (Å²) in [5, 5.41) is 3.68. The number of hydrogen-bond donors (Lipinski definition) is 1. The average Bonchev–Trinajstić information content (AvgIpc) is 3.22. The van der Waals surface area contributed by atoms with Crippen LogP contribution in [0.3, 0.4) is 0 Å². The van der Waals surface area contributed by atoms with Crippen LogP contribution in [0.5, 0.6) is 5.75 Å². The second-order valence-electron chi connectivity index (χ2n) is 6.36. The molecule has 114 valence electrons. The molecule has 2 aliphatic heterocycles. The molecule has 0 aliphatic carbocycles. The van der Waals surface area contributed by atoms with Crippen molar-refractivity contribution in [1.82, 2.24) is 10.3 Å². The Bertz CT molecular complexity index is 641. The van der Waals surface area contributed by atoms with E-state index in [4.69, 9.17) is 4.74 Å². The standard InChI is InChI=1S/C19H22N2O/c1-2-9-20-17(3-1)5-6-18-12-16(13-21-18)14-4-7-19-15(11-14)8-10-22-19/h1-4,7,9,11,16,18,21H,5-6,8,10,12-13H2. The molecule has 2 unspecified atom stereocenters. The lowest BCUT2D eigenvalue weighted by Crippen LogP contribution is -2.21. The van der Waals surface area contributed by atoms with Crippen LogP contribution in [0.25, 0.3) is 0 Å². The minimum absolute atomic E-state index is 0.608. The van der Waals surface area contributed by atoms with Crippen molar-refractivity contribution in [3.05, 3.63) is 59.4 Å². The fraction of sp³-hybridized carbons (Fsp3) is 0.421. The molecular formula is C19H22N2O. The number of nitrogens with one attached hydrogen (secondary N) is 1. The Kier molecular flexibility index (Phi) is 3.81. The molecule has 0 saturated carbocycles. The minimum atomic E-state index is 0.608. The summed E-state index contributed by atoms with van der Waals surface area (Å²) in [6.45, 7) is 1.93. The van der Waals surface area contributed by atoms with Crippen LogP contribution in [0.4, 0.5) is 0 Å². The number of pyridine rings is 1. The smallest absolute Gasteiger partial charge is 0.122 e. The van der Waals surface area contributed by atoms with E-state index in [-0.39, 0.29) is 0 Å². The molecule has 1 fully saturated rings. The SMILES string of the molecule is c1ccc(CCC2CC(c3ccc4c(c3)CCO4)CN2)nc1. The Morgan fingerprint density at radius 2 is 2.23 bits per heavy atom. The average molecular weight is 294 g/mol. The summed E-state index contributed by atoms with van der Waals surface area (Å²) in [5.41, 5.74) is 4.05. The molecule has 1 saturated heterocycles. The molecule has 3 heterocycles. The Morgan fingerprint density at radius 3 is 3.14 bits per heavy atom. The zero-order valence-electron chi connectivity index (χ0n) is 12.8. The van der Waals surface area contributed by atoms with Crippen LogP contribution in [0.15, 0.2) is 42.6 Å². The fourth-order valence-electron chi connectivity index (χ4n) is 3.62. The summed E-state index contributed by atoms with van der Waals surface area (Å²) in [5.74, 6) is 1.72. The van der Waals surface area contributed by atoms with Gasteiger partial charge in [0.25, 0.3) is 0 Å². The first-order valence-electron chi connectivity index (χ1n) is 8.27. The summed E-state index contributed by atoms with van der Waals surface area (Å²) in [6, 6.07) is 13.5. The van der Waals surface area contributed by atoms with E-state index in [2.05, 4.69) is 40.6 Å². The third-order valence-electron chi connectivity index (χ3n) is 4.88. The first-order valence-corrected chi connectivity index (χ1v) is 8.27. The Labute approximate surface area is 131 Å². The van der Waals surface area contributed by atoms with Gasteiger partial charge in [0, 0.05) is 30.9 Å². The maximum Gasteiger partial charge on any atom is 0.122 e. The van der Waals surface area contributed by atoms with Gasteiger partial charge in [-0.15, -0.1) is 0 Å². The maximum atomic E-state index is 5.60. The highest BCUT2D eigenvalue weighted by Gasteiger charge is 2.26. The number of fused-ring (bicyclic) bond motifs is 1. The van der Waals surface area contributed by atoms with Gasteiger partial charge in [-0.3, -0.25) is 4.98 Å². The van der Waals surface area contributed by atoms with Gasteiger partial charge in [0.15, 0.2) is 0 Å². The number of ether oxygens (including phenoxy) is 1. The number of rotatable bonds is 4. The van der Waals surface area contributed by atoms with Crippen molar-refractivity contribution in [2.24, 2.45) is 0 Å². The lowest BCUT2D eigenvalue weighted by molar-refractivity contribution is 0.357. The van der Waals surface area contributed by atoms with Crippen LogP contribution in [0.1, 0.15) is 35.6 Å². The normalized spacial score (nSPS) is 23.3. The molecule has 0 radical (unpaired) electrons. The largest absolute Gasteiger partial charge is 0.493 e. The van der Waals surface area contributed by atoms with E-state index >= 15 is 0 Å². The van der Waals surface area contributed by atoms with E-state index < -0.39 is 0 Å². The van der Waals surface area contributed by atoms with Gasteiger partial charge < -0.3 is 10.1 Å². The molecule has 3 heteroatoms. The molecule has 4 rings (SSSR count). The fourth-order valence-corrected chi connectivity index (χ4v) is 3.62. The summed E-state index contributed by atoms with van der Waals surface area (Å²) >= 11 is 0.